The van der Waals surface area contributed by atoms with Gasteiger partial charge >= 0.3 is 0 Å². The number of fused-ring (bicyclic) bond motifs is 1. The van der Waals surface area contributed by atoms with Gasteiger partial charge in [0.05, 0.1) is 6.61 Å². The number of benzene rings is 2. The molecule has 0 atom stereocenters. The first kappa shape index (κ1) is 13.2. The molecule has 1 aliphatic rings. The number of rotatable bonds is 3. The summed E-state index contributed by atoms with van der Waals surface area (Å²) in [6.07, 6.45) is 1.09. The average molecular weight is 268 g/mol. The van der Waals surface area contributed by atoms with Crippen molar-refractivity contribution in [2.45, 2.75) is 26.1 Å². The highest BCUT2D eigenvalue weighted by Crippen LogP contribution is 2.22. The molecule has 3 heteroatoms. The lowest BCUT2D eigenvalue weighted by Gasteiger charge is -2.29. The molecule has 0 aromatic heterocycles. The van der Waals surface area contributed by atoms with Crippen LogP contribution in [0, 0.1) is 0 Å². The van der Waals surface area contributed by atoms with Gasteiger partial charge < -0.3 is 10.8 Å². The van der Waals surface area contributed by atoms with Crippen molar-refractivity contribution >= 4 is 5.69 Å². The standard InChI is InChI=1S/C17H20N2O/c18-17-6-5-15-7-8-19(11-16(15)9-17)10-13-1-3-14(12-20)4-2-13/h1-6,9,20H,7-8,10-12,18H2. The summed E-state index contributed by atoms with van der Waals surface area (Å²) in [5.74, 6) is 0. The van der Waals surface area contributed by atoms with Crippen LogP contribution in [0.5, 0.6) is 0 Å². The molecule has 20 heavy (non-hydrogen) atoms. The van der Waals surface area contributed by atoms with Crippen LogP contribution in [-0.2, 0) is 26.1 Å². The van der Waals surface area contributed by atoms with E-state index in [9.17, 15) is 0 Å². The number of nitrogen functional groups attached to an aromatic ring is 1. The summed E-state index contributed by atoms with van der Waals surface area (Å²) in [6.45, 7) is 3.09. The van der Waals surface area contributed by atoms with Crippen LogP contribution < -0.4 is 5.73 Å². The van der Waals surface area contributed by atoms with Crippen LogP contribution in [0.25, 0.3) is 0 Å². The van der Waals surface area contributed by atoms with Crippen LogP contribution in [0.2, 0.25) is 0 Å². The number of anilines is 1. The third-order valence-corrected chi connectivity index (χ3v) is 3.93. The van der Waals surface area contributed by atoms with Crippen molar-refractivity contribution in [2.75, 3.05) is 12.3 Å². The molecule has 3 rings (SSSR count). The molecular formula is C17H20N2O. The van der Waals surface area contributed by atoms with E-state index in [-0.39, 0.29) is 6.61 Å². The summed E-state index contributed by atoms with van der Waals surface area (Å²) >= 11 is 0. The molecule has 0 radical (unpaired) electrons. The van der Waals surface area contributed by atoms with E-state index < -0.39 is 0 Å². The molecular weight excluding hydrogens is 248 g/mol. The zero-order chi connectivity index (χ0) is 13.9. The van der Waals surface area contributed by atoms with Gasteiger partial charge in [0.25, 0.3) is 0 Å². The van der Waals surface area contributed by atoms with Crippen molar-refractivity contribution in [3.63, 3.8) is 0 Å². The van der Waals surface area contributed by atoms with Crippen molar-refractivity contribution in [1.82, 2.24) is 4.90 Å². The highest BCUT2D eigenvalue weighted by Gasteiger charge is 2.16. The molecule has 0 bridgehead atoms. The first-order chi connectivity index (χ1) is 9.74. The maximum Gasteiger partial charge on any atom is 0.0681 e. The van der Waals surface area contributed by atoms with E-state index in [1.54, 1.807) is 0 Å². The minimum atomic E-state index is 0.108. The number of hydrogen-bond acceptors (Lipinski definition) is 3. The van der Waals surface area contributed by atoms with Gasteiger partial charge in [-0.3, -0.25) is 4.90 Å². The van der Waals surface area contributed by atoms with E-state index >= 15 is 0 Å². The molecule has 1 aliphatic heterocycles. The first-order valence-corrected chi connectivity index (χ1v) is 7.03. The summed E-state index contributed by atoms with van der Waals surface area (Å²) in [5, 5.41) is 9.06. The maximum atomic E-state index is 9.06. The number of nitrogens with two attached hydrogens (primary N) is 1. The molecule has 0 saturated carbocycles. The van der Waals surface area contributed by atoms with Gasteiger partial charge in [0.1, 0.15) is 0 Å². The zero-order valence-corrected chi connectivity index (χ0v) is 11.5. The van der Waals surface area contributed by atoms with Crippen LogP contribution in [0.1, 0.15) is 22.3 Å². The highest BCUT2D eigenvalue weighted by atomic mass is 16.3. The molecule has 0 spiro atoms. The number of nitrogens with zero attached hydrogens (tertiary/aromatic N) is 1. The van der Waals surface area contributed by atoms with E-state index in [1.807, 2.05) is 18.2 Å². The second-order valence-electron chi connectivity index (χ2n) is 5.46. The van der Waals surface area contributed by atoms with Gasteiger partial charge in [-0.1, -0.05) is 30.3 Å². The Hall–Kier alpha value is -1.84. The molecule has 3 nitrogen and oxygen atoms in total. The fraction of sp³-hybridized carbons (Fsp3) is 0.294. The van der Waals surface area contributed by atoms with Gasteiger partial charge in [-0.05, 0) is 40.8 Å². The number of aliphatic hydroxyl groups excluding tert-OH is 1. The third kappa shape index (κ3) is 2.84. The SMILES string of the molecule is Nc1ccc2c(c1)CN(Cc1ccc(CO)cc1)CC2. The Morgan fingerprint density at radius 3 is 2.50 bits per heavy atom. The third-order valence-electron chi connectivity index (χ3n) is 3.93. The Labute approximate surface area is 119 Å². The summed E-state index contributed by atoms with van der Waals surface area (Å²) in [6, 6.07) is 14.4. The Morgan fingerprint density at radius 1 is 1.00 bits per heavy atom. The van der Waals surface area contributed by atoms with Crippen molar-refractivity contribution in [3.05, 3.63) is 64.7 Å². The molecule has 0 saturated heterocycles. The second kappa shape index (κ2) is 5.65. The quantitative estimate of drug-likeness (QED) is 0.840. The Kier molecular flexibility index (Phi) is 3.72. The molecule has 104 valence electrons. The van der Waals surface area contributed by atoms with E-state index in [0.29, 0.717) is 0 Å². The van der Waals surface area contributed by atoms with Crippen LogP contribution in [-0.4, -0.2) is 16.6 Å². The first-order valence-electron chi connectivity index (χ1n) is 7.03. The summed E-state index contributed by atoms with van der Waals surface area (Å²) in [5.41, 5.74) is 11.7. The summed E-state index contributed by atoms with van der Waals surface area (Å²) in [4.78, 5) is 2.44. The molecule has 0 fully saturated rings. The van der Waals surface area contributed by atoms with Crippen molar-refractivity contribution in [1.29, 1.82) is 0 Å². The van der Waals surface area contributed by atoms with Crippen LogP contribution in [0.3, 0.4) is 0 Å². The zero-order valence-electron chi connectivity index (χ0n) is 11.5. The van der Waals surface area contributed by atoms with Gasteiger partial charge in [-0.15, -0.1) is 0 Å². The average Bonchev–Trinajstić information content (AvgIpc) is 2.47. The van der Waals surface area contributed by atoms with E-state index in [1.165, 1.54) is 16.7 Å². The Bertz CT molecular complexity index is 592. The molecule has 0 unspecified atom stereocenters. The lowest BCUT2D eigenvalue weighted by atomic mass is 9.98. The van der Waals surface area contributed by atoms with Gasteiger partial charge in [0.15, 0.2) is 0 Å². The molecule has 0 aliphatic carbocycles. The minimum Gasteiger partial charge on any atom is -0.399 e. The largest absolute Gasteiger partial charge is 0.399 e. The van der Waals surface area contributed by atoms with Gasteiger partial charge in [0.2, 0.25) is 0 Å². The van der Waals surface area contributed by atoms with E-state index in [2.05, 4.69) is 29.2 Å². The molecule has 3 N–H and O–H groups in total. The van der Waals surface area contributed by atoms with Crippen molar-refractivity contribution in [2.24, 2.45) is 0 Å². The maximum absolute atomic E-state index is 9.06. The van der Waals surface area contributed by atoms with Gasteiger partial charge in [-0.2, -0.15) is 0 Å². The summed E-state index contributed by atoms with van der Waals surface area (Å²) < 4.78 is 0. The normalized spacial score (nSPS) is 15.1. The fourth-order valence-electron chi connectivity index (χ4n) is 2.78. The fourth-order valence-corrected chi connectivity index (χ4v) is 2.78. The molecule has 0 amide bonds. The van der Waals surface area contributed by atoms with Crippen LogP contribution in [0.4, 0.5) is 5.69 Å². The number of aliphatic hydroxyl groups is 1. The predicted octanol–water partition coefficient (Wildman–Crippen LogP) is 2.32. The second-order valence-corrected chi connectivity index (χ2v) is 5.46. The Morgan fingerprint density at radius 2 is 1.75 bits per heavy atom. The molecule has 2 aromatic rings. The van der Waals surface area contributed by atoms with Crippen molar-refractivity contribution < 1.29 is 5.11 Å². The predicted molar refractivity (Wildman–Crippen MR) is 81.0 cm³/mol. The van der Waals surface area contributed by atoms with Gasteiger partial charge in [0, 0.05) is 25.3 Å². The Balaban J connectivity index is 1.70. The molecule has 2 aromatic carbocycles. The van der Waals surface area contributed by atoms with Crippen LogP contribution >= 0.6 is 0 Å². The van der Waals surface area contributed by atoms with E-state index in [0.717, 1.165) is 37.3 Å². The number of hydrogen-bond donors (Lipinski definition) is 2. The lowest BCUT2D eigenvalue weighted by Crippen LogP contribution is -2.30. The lowest BCUT2D eigenvalue weighted by molar-refractivity contribution is 0.245. The van der Waals surface area contributed by atoms with Gasteiger partial charge in [-0.25, -0.2) is 0 Å². The minimum absolute atomic E-state index is 0.108. The topological polar surface area (TPSA) is 49.5 Å². The molecule has 1 heterocycles. The highest BCUT2D eigenvalue weighted by molar-refractivity contribution is 5.45. The smallest absolute Gasteiger partial charge is 0.0681 e. The monoisotopic (exact) mass is 268 g/mol. The van der Waals surface area contributed by atoms with Crippen molar-refractivity contribution in [3.8, 4) is 0 Å². The van der Waals surface area contributed by atoms with Crippen LogP contribution in [0.15, 0.2) is 42.5 Å². The summed E-state index contributed by atoms with van der Waals surface area (Å²) in [7, 11) is 0. The van der Waals surface area contributed by atoms with E-state index in [4.69, 9.17) is 10.8 Å².